The monoisotopic (exact) mass is 324 g/mol. The fourth-order valence-corrected chi connectivity index (χ4v) is 0. The molecule has 0 radical (unpaired) electrons. The smallest absolute Gasteiger partial charge is 0.759 e. The molecule has 0 fully saturated rings. The molecule has 0 aromatic heterocycles. The van der Waals surface area contributed by atoms with Gasteiger partial charge >= 0.3 is 45.6 Å². The molecular weight excluding hydrogens is 311 g/mol. The first-order valence-electron chi connectivity index (χ1n) is 2.80. The van der Waals surface area contributed by atoms with E-state index in [1.54, 1.807) is 0 Å². The van der Waals surface area contributed by atoms with Crippen molar-refractivity contribution in [2.45, 2.75) is 6.92 Å². The van der Waals surface area contributed by atoms with E-state index < -0.39 is 32.4 Å². The maximum atomic E-state index is 9.00. The third-order valence-electron chi connectivity index (χ3n) is 0. The summed E-state index contributed by atoms with van der Waals surface area (Å²) in [5.74, 6) is -0.833. The average Bonchev–Trinajstić information content (AvgIpc) is 1.78. The number of rotatable bonds is 0. The van der Waals surface area contributed by atoms with Crippen LogP contribution in [0.15, 0.2) is 0 Å². The molecule has 0 bridgehead atoms. The van der Waals surface area contributed by atoms with E-state index in [0.717, 1.165) is 6.92 Å². The summed E-state index contributed by atoms with van der Waals surface area (Å²) in [5.41, 5.74) is 0. The quantitative estimate of drug-likeness (QED) is 0.106. The van der Waals surface area contributed by atoms with Crippen LogP contribution in [-0.2, 0) is 19.8 Å². The second kappa shape index (κ2) is 26.0. The Kier molecular flexibility index (Phi) is 52.3. The molecule has 0 aromatic carbocycles. The molecule has 0 saturated carbocycles. The summed E-state index contributed by atoms with van der Waals surface area (Å²) in [4.78, 5) is 16.0. The van der Waals surface area contributed by atoms with Crippen molar-refractivity contribution in [2.75, 3.05) is 0 Å². The number of carboxylic acids is 1. The molecule has 0 spiro atoms. The van der Waals surface area contributed by atoms with E-state index in [0.29, 0.717) is 0 Å². The maximum absolute atomic E-state index is 9.00. The molecule has 0 rings (SSSR count). The molecule has 0 aromatic rings. The summed E-state index contributed by atoms with van der Waals surface area (Å²) in [6.45, 7) is 1.08. The van der Waals surface area contributed by atoms with Crippen LogP contribution in [-0.4, -0.2) is 55.9 Å². The molecule has 106 valence electrons. The Bertz CT molecular complexity index is 243. The van der Waals surface area contributed by atoms with E-state index in [4.69, 9.17) is 52.0 Å². The fraction of sp³-hybridized carbons (Fsp3) is 0.500. The van der Waals surface area contributed by atoms with E-state index in [-0.39, 0.29) is 35.7 Å². The Morgan fingerprint density at radius 2 is 1.22 bits per heavy atom. The Morgan fingerprint density at radius 3 is 1.22 bits per heavy atom. The van der Waals surface area contributed by atoms with Crippen LogP contribution in [0.1, 0.15) is 6.92 Å². The summed E-state index contributed by atoms with van der Waals surface area (Å²) < 4.78 is 42.6. The van der Waals surface area contributed by atoms with E-state index in [2.05, 4.69) is 0 Å². The minimum absolute atomic E-state index is 0. The number of aliphatic carboxylic acids is 1. The van der Waals surface area contributed by atoms with Gasteiger partial charge in [-0.05, 0) is 4.57 Å². The van der Waals surface area contributed by atoms with Crippen LogP contribution in [0, 0.1) is 0 Å². The summed E-state index contributed by atoms with van der Waals surface area (Å²) >= 11 is 0. The molecular formula is C2H13BNNaO11PS+. The van der Waals surface area contributed by atoms with Crippen LogP contribution < -0.4 is 35.7 Å². The first-order valence-corrected chi connectivity index (χ1v) is 4.99. The number of hydrogen-bond acceptors (Lipinski definition) is 9. The van der Waals surface area contributed by atoms with Crippen LogP contribution >= 0.6 is 8.69 Å². The van der Waals surface area contributed by atoms with Gasteiger partial charge in [0, 0.05) is 17.3 Å². The number of quaternary nitrogens is 1. The molecule has 1 atom stereocenters. The van der Waals surface area contributed by atoms with Crippen molar-refractivity contribution in [1.29, 1.82) is 0 Å². The largest absolute Gasteiger partial charge is 1.00 e. The van der Waals surface area contributed by atoms with Gasteiger partial charge < -0.3 is 35.4 Å². The SMILES string of the molecule is CC(=O)O.O=S(=O)([O-])[O-].O=[PH+]O.OB(O)O.[NH4+].[Na+]. The molecule has 1 unspecified atom stereocenters. The van der Waals surface area contributed by atoms with Crippen LogP contribution in [0.5, 0.6) is 0 Å². The third-order valence-corrected chi connectivity index (χ3v) is 0. The normalized spacial score (nSPS) is 7.28. The second-order valence-corrected chi connectivity index (χ2v) is 2.36. The summed E-state index contributed by atoms with van der Waals surface area (Å²) in [6.07, 6.45) is 0. The zero-order chi connectivity index (χ0) is 14.4. The predicted octanol–water partition coefficient (Wildman–Crippen LogP) is -6.00. The van der Waals surface area contributed by atoms with Crippen molar-refractivity contribution in [3.63, 3.8) is 0 Å². The van der Waals surface area contributed by atoms with Crippen molar-refractivity contribution in [1.82, 2.24) is 6.15 Å². The summed E-state index contributed by atoms with van der Waals surface area (Å²) in [7, 11) is -8.50. The van der Waals surface area contributed by atoms with Gasteiger partial charge in [-0.2, -0.15) is 4.89 Å². The van der Waals surface area contributed by atoms with Crippen LogP contribution in [0.4, 0.5) is 0 Å². The zero-order valence-electron chi connectivity index (χ0n) is 9.67. The molecule has 0 saturated heterocycles. The van der Waals surface area contributed by atoms with Crippen molar-refractivity contribution in [2.24, 2.45) is 0 Å². The topological polar surface area (TPSA) is 252 Å². The van der Waals surface area contributed by atoms with Crippen LogP contribution in [0.25, 0.3) is 0 Å². The van der Waals surface area contributed by atoms with Crippen molar-refractivity contribution < 1.29 is 81.5 Å². The number of hydrogen-bond donors (Lipinski definition) is 6. The molecule has 0 amide bonds. The predicted molar refractivity (Wildman–Crippen MR) is 53.4 cm³/mol. The van der Waals surface area contributed by atoms with Crippen molar-refractivity contribution >= 4 is 32.4 Å². The summed E-state index contributed by atoms with van der Waals surface area (Å²) in [5, 5.41) is 28.9. The van der Waals surface area contributed by atoms with Gasteiger partial charge in [-0.25, -0.2) is 0 Å². The minimum atomic E-state index is -5.17. The van der Waals surface area contributed by atoms with Gasteiger partial charge in [-0.1, -0.05) is 0 Å². The molecule has 0 aliphatic carbocycles. The molecule has 16 heteroatoms. The molecule has 0 aliphatic heterocycles. The maximum Gasteiger partial charge on any atom is 1.00 e. The fourth-order valence-electron chi connectivity index (χ4n) is 0. The van der Waals surface area contributed by atoms with Gasteiger partial charge in [0.05, 0.1) is 0 Å². The molecule has 9 N–H and O–H groups in total. The van der Waals surface area contributed by atoms with Gasteiger partial charge in [0.25, 0.3) is 5.97 Å². The van der Waals surface area contributed by atoms with Gasteiger partial charge in [0.2, 0.25) is 0 Å². The van der Waals surface area contributed by atoms with Gasteiger partial charge in [0.1, 0.15) is 0 Å². The molecule has 0 heterocycles. The Morgan fingerprint density at radius 1 is 1.22 bits per heavy atom. The number of carboxylic acid groups (broad SMARTS) is 1. The zero-order valence-corrected chi connectivity index (χ0v) is 13.5. The second-order valence-electron chi connectivity index (χ2n) is 1.36. The van der Waals surface area contributed by atoms with E-state index in [1.165, 1.54) is 0 Å². The van der Waals surface area contributed by atoms with E-state index >= 15 is 0 Å². The van der Waals surface area contributed by atoms with E-state index in [9.17, 15) is 0 Å². The van der Waals surface area contributed by atoms with E-state index in [1.807, 2.05) is 0 Å². The Balaban J connectivity index is -0.0000000261. The van der Waals surface area contributed by atoms with Crippen LogP contribution in [0.2, 0.25) is 0 Å². The van der Waals surface area contributed by atoms with Crippen molar-refractivity contribution in [3.05, 3.63) is 0 Å². The molecule has 0 aliphatic rings. The minimum Gasteiger partial charge on any atom is -0.759 e. The van der Waals surface area contributed by atoms with Gasteiger partial charge in [-0.3, -0.25) is 13.2 Å². The number of carbonyl (C=O) groups is 1. The van der Waals surface area contributed by atoms with Gasteiger partial charge in [-0.15, -0.1) is 0 Å². The first-order chi connectivity index (χ1) is 6.88. The average molecular weight is 324 g/mol. The Hall–Kier alpha value is 0.305. The molecule has 18 heavy (non-hydrogen) atoms. The summed E-state index contributed by atoms with van der Waals surface area (Å²) in [6, 6.07) is 0. The van der Waals surface area contributed by atoms with Gasteiger partial charge in [0.15, 0.2) is 0 Å². The Labute approximate surface area is 127 Å². The third kappa shape index (κ3) is 41100. The van der Waals surface area contributed by atoms with Crippen LogP contribution in [0.3, 0.4) is 0 Å². The van der Waals surface area contributed by atoms with Crippen molar-refractivity contribution in [3.8, 4) is 0 Å². The standard InChI is InChI=1S/C2H4O2.BH3O3.H3N.Na.H2O4S.HO2P/c1-2(3)4;2-1(3)4;;;1-5(2,3)4;1-3-2/h1H3,(H,3,4);2-4H;1H3;;(H2,1,2,3,4);3H/q;;;+1;;. The molecule has 12 nitrogen and oxygen atoms in total. The first kappa shape index (κ1) is 36.2.